The number of aryl methyl sites for hydroxylation is 2. The van der Waals surface area contributed by atoms with Gasteiger partial charge in [0.1, 0.15) is 18.2 Å². The molecule has 27 heavy (non-hydrogen) atoms. The van der Waals surface area contributed by atoms with E-state index in [0.717, 1.165) is 56.5 Å². The lowest BCUT2D eigenvalue weighted by Crippen LogP contribution is -2.36. The van der Waals surface area contributed by atoms with Crippen molar-refractivity contribution in [1.82, 2.24) is 14.5 Å². The van der Waals surface area contributed by atoms with Crippen LogP contribution in [0.4, 0.5) is 0 Å². The molecule has 0 atom stereocenters. The van der Waals surface area contributed by atoms with E-state index in [9.17, 15) is 0 Å². The van der Waals surface area contributed by atoms with Gasteiger partial charge in [0, 0.05) is 13.1 Å². The molecule has 1 aromatic heterocycles. The molecule has 1 aliphatic rings. The maximum absolute atomic E-state index is 6.05. The van der Waals surface area contributed by atoms with Crippen molar-refractivity contribution in [3.63, 3.8) is 0 Å². The Hall–Kier alpha value is -2.37. The number of fused-ring (bicyclic) bond motifs is 1. The minimum atomic E-state index is 0.624. The molecule has 1 saturated heterocycles. The topological polar surface area (TPSA) is 39.5 Å². The van der Waals surface area contributed by atoms with Crippen molar-refractivity contribution < 1.29 is 9.47 Å². The molecule has 0 amide bonds. The van der Waals surface area contributed by atoms with Crippen molar-refractivity contribution >= 4 is 11.0 Å². The summed E-state index contributed by atoms with van der Waals surface area (Å²) in [6, 6.07) is 14.7. The predicted octanol–water partition coefficient (Wildman–Crippen LogP) is 3.56. The lowest BCUT2D eigenvalue weighted by atomic mass is 10.1. The zero-order chi connectivity index (χ0) is 18.6. The fraction of sp³-hybridized carbons (Fsp3) is 0.409. The number of ether oxygens (including phenoxy) is 2. The first kappa shape index (κ1) is 18.0. The smallest absolute Gasteiger partial charge is 0.124 e. The second-order valence-corrected chi connectivity index (χ2v) is 7.23. The van der Waals surface area contributed by atoms with Crippen molar-refractivity contribution in [2.45, 2.75) is 26.9 Å². The first-order valence-corrected chi connectivity index (χ1v) is 9.64. The highest BCUT2D eigenvalue weighted by molar-refractivity contribution is 5.75. The molecule has 0 N–H and O–H groups in total. The molecule has 2 aromatic carbocycles. The highest BCUT2D eigenvalue weighted by atomic mass is 16.5. The molecule has 2 heterocycles. The normalized spacial score (nSPS) is 15.3. The van der Waals surface area contributed by atoms with E-state index >= 15 is 0 Å². The molecular formula is C22H27N3O2. The van der Waals surface area contributed by atoms with Crippen LogP contribution in [0.25, 0.3) is 11.0 Å². The van der Waals surface area contributed by atoms with Crippen LogP contribution in [0, 0.1) is 13.8 Å². The van der Waals surface area contributed by atoms with Crippen molar-refractivity contribution in [2.24, 2.45) is 0 Å². The number of hydrogen-bond acceptors (Lipinski definition) is 4. The van der Waals surface area contributed by atoms with Gasteiger partial charge in [-0.15, -0.1) is 0 Å². The standard InChI is InChI=1S/C22H27N3O2/c1-17-13-18(2)15-19(14-17)27-12-9-25-21-6-4-3-5-20(21)23-22(25)16-24-7-10-26-11-8-24/h3-6,13-15H,7-12,16H2,1-2H3. The molecule has 5 heteroatoms. The number of morpholine rings is 1. The van der Waals surface area contributed by atoms with Crippen LogP contribution in [0.2, 0.25) is 0 Å². The molecule has 0 bridgehead atoms. The summed E-state index contributed by atoms with van der Waals surface area (Å²) in [7, 11) is 0. The van der Waals surface area contributed by atoms with Gasteiger partial charge in [0.15, 0.2) is 0 Å². The second-order valence-electron chi connectivity index (χ2n) is 7.23. The van der Waals surface area contributed by atoms with E-state index in [1.54, 1.807) is 0 Å². The molecule has 142 valence electrons. The number of hydrogen-bond donors (Lipinski definition) is 0. The summed E-state index contributed by atoms with van der Waals surface area (Å²) in [5, 5.41) is 0. The zero-order valence-corrected chi connectivity index (χ0v) is 16.1. The Bertz CT molecular complexity index is 893. The van der Waals surface area contributed by atoms with Crippen LogP contribution in [-0.4, -0.2) is 47.4 Å². The fourth-order valence-corrected chi connectivity index (χ4v) is 3.73. The minimum absolute atomic E-state index is 0.624. The third-order valence-corrected chi connectivity index (χ3v) is 4.98. The van der Waals surface area contributed by atoms with E-state index in [2.05, 4.69) is 59.7 Å². The highest BCUT2D eigenvalue weighted by Crippen LogP contribution is 2.19. The largest absolute Gasteiger partial charge is 0.492 e. The second kappa shape index (κ2) is 8.11. The highest BCUT2D eigenvalue weighted by Gasteiger charge is 2.16. The van der Waals surface area contributed by atoms with Crippen LogP contribution >= 0.6 is 0 Å². The lowest BCUT2D eigenvalue weighted by Gasteiger charge is -2.26. The van der Waals surface area contributed by atoms with Gasteiger partial charge in [0.25, 0.3) is 0 Å². The van der Waals surface area contributed by atoms with E-state index in [1.807, 2.05) is 6.07 Å². The minimum Gasteiger partial charge on any atom is -0.492 e. The Labute approximate surface area is 160 Å². The van der Waals surface area contributed by atoms with Crippen molar-refractivity contribution in [1.29, 1.82) is 0 Å². The van der Waals surface area contributed by atoms with Crippen LogP contribution in [0.3, 0.4) is 0 Å². The monoisotopic (exact) mass is 365 g/mol. The Morgan fingerprint density at radius 1 is 1.04 bits per heavy atom. The van der Waals surface area contributed by atoms with Crippen molar-refractivity contribution in [2.75, 3.05) is 32.9 Å². The third kappa shape index (κ3) is 4.31. The number of rotatable bonds is 6. The van der Waals surface area contributed by atoms with E-state index < -0.39 is 0 Å². The van der Waals surface area contributed by atoms with E-state index in [1.165, 1.54) is 16.6 Å². The van der Waals surface area contributed by atoms with Gasteiger partial charge in [0.2, 0.25) is 0 Å². The van der Waals surface area contributed by atoms with Crippen LogP contribution in [-0.2, 0) is 17.8 Å². The van der Waals surface area contributed by atoms with Gasteiger partial charge in [-0.1, -0.05) is 18.2 Å². The molecule has 5 nitrogen and oxygen atoms in total. The molecule has 0 unspecified atom stereocenters. The summed E-state index contributed by atoms with van der Waals surface area (Å²) in [6.45, 7) is 9.98. The zero-order valence-electron chi connectivity index (χ0n) is 16.1. The van der Waals surface area contributed by atoms with Gasteiger partial charge in [-0.2, -0.15) is 0 Å². The molecule has 0 aliphatic carbocycles. The number of aromatic nitrogens is 2. The molecule has 3 aromatic rings. The van der Waals surface area contributed by atoms with Gasteiger partial charge >= 0.3 is 0 Å². The summed E-state index contributed by atoms with van der Waals surface area (Å²) < 4.78 is 13.8. The maximum Gasteiger partial charge on any atom is 0.124 e. The Morgan fingerprint density at radius 2 is 1.78 bits per heavy atom. The number of imidazole rings is 1. The Morgan fingerprint density at radius 3 is 2.56 bits per heavy atom. The average Bonchev–Trinajstić information content (AvgIpc) is 2.99. The quantitative estimate of drug-likeness (QED) is 0.670. The molecule has 0 radical (unpaired) electrons. The SMILES string of the molecule is Cc1cc(C)cc(OCCn2c(CN3CCOCC3)nc3ccccc32)c1. The van der Waals surface area contributed by atoms with E-state index in [-0.39, 0.29) is 0 Å². The van der Waals surface area contributed by atoms with Gasteiger partial charge in [-0.3, -0.25) is 4.90 Å². The Balaban J connectivity index is 1.51. The molecule has 1 fully saturated rings. The van der Waals surface area contributed by atoms with Gasteiger partial charge in [-0.05, 0) is 49.2 Å². The van der Waals surface area contributed by atoms with Gasteiger partial charge < -0.3 is 14.0 Å². The summed E-state index contributed by atoms with van der Waals surface area (Å²) in [5.74, 6) is 2.04. The molecule has 0 saturated carbocycles. The molecular weight excluding hydrogens is 338 g/mol. The van der Waals surface area contributed by atoms with Crippen LogP contribution in [0.15, 0.2) is 42.5 Å². The van der Waals surface area contributed by atoms with Gasteiger partial charge in [0.05, 0.1) is 37.3 Å². The molecule has 0 spiro atoms. The Kier molecular flexibility index (Phi) is 5.41. The number of nitrogens with zero attached hydrogens (tertiary/aromatic N) is 3. The number of para-hydroxylation sites is 2. The first-order chi connectivity index (χ1) is 13.2. The lowest BCUT2D eigenvalue weighted by molar-refractivity contribution is 0.0326. The van der Waals surface area contributed by atoms with E-state index in [4.69, 9.17) is 14.5 Å². The summed E-state index contributed by atoms with van der Waals surface area (Å²) in [5.41, 5.74) is 4.68. The van der Waals surface area contributed by atoms with Crippen LogP contribution in [0.5, 0.6) is 5.75 Å². The summed E-state index contributed by atoms with van der Waals surface area (Å²) >= 11 is 0. The first-order valence-electron chi connectivity index (χ1n) is 9.64. The maximum atomic E-state index is 6.05. The summed E-state index contributed by atoms with van der Waals surface area (Å²) in [6.07, 6.45) is 0. The van der Waals surface area contributed by atoms with E-state index in [0.29, 0.717) is 6.61 Å². The van der Waals surface area contributed by atoms with Crippen LogP contribution < -0.4 is 4.74 Å². The van der Waals surface area contributed by atoms with Gasteiger partial charge in [-0.25, -0.2) is 4.98 Å². The fourth-order valence-electron chi connectivity index (χ4n) is 3.73. The van der Waals surface area contributed by atoms with Crippen LogP contribution in [0.1, 0.15) is 17.0 Å². The third-order valence-electron chi connectivity index (χ3n) is 4.98. The predicted molar refractivity (Wildman–Crippen MR) is 107 cm³/mol. The average molecular weight is 365 g/mol. The van der Waals surface area contributed by atoms with Crippen molar-refractivity contribution in [3.8, 4) is 5.75 Å². The summed E-state index contributed by atoms with van der Waals surface area (Å²) in [4.78, 5) is 7.29. The molecule has 1 aliphatic heterocycles. The van der Waals surface area contributed by atoms with Crippen molar-refractivity contribution in [3.05, 3.63) is 59.4 Å². The number of benzene rings is 2. The molecule has 4 rings (SSSR count).